The summed E-state index contributed by atoms with van der Waals surface area (Å²) in [5, 5.41) is 9.69. The normalized spacial score (nSPS) is 17.2. The van der Waals surface area contributed by atoms with Gasteiger partial charge in [-0.05, 0) is 69.4 Å². The number of halogens is 1. The lowest BCUT2D eigenvalue weighted by Crippen LogP contribution is -2.50. The van der Waals surface area contributed by atoms with Crippen molar-refractivity contribution < 1.29 is 13.9 Å². The van der Waals surface area contributed by atoms with E-state index in [1.165, 1.54) is 17.3 Å². The van der Waals surface area contributed by atoms with Gasteiger partial charge in [-0.3, -0.25) is 0 Å². The number of hydrogen-bond acceptors (Lipinski definition) is 5. The van der Waals surface area contributed by atoms with Gasteiger partial charge in [-0.25, -0.2) is 9.18 Å². The first-order valence-corrected chi connectivity index (χ1v) is 13.0. The third-order valence-corrected chi connectivity index (χ3v) is 7.38. The number of H-pyrrole nitrogens is 1. The van der Waals surface area contributed by atoms with Crippen molar-refractivity contribution in [1.82, 2.24) is 9.88 Å². The molecule has 2 aliphatic rings. The van der Waals surface area contributed by atoms with Crippen LogP contribution in [0.2, 0.25) is 0 Å². The van der Waals surface area contributed by atoms with Gasteiger partial charge in [0, 0.05) is 51.2 Å². The van der Waals surface area contributed by atoms with Crippen LogP contribution in [0.3, 0.4) is 0 Å². The number of ether oxygens (including phenoxy) is 1. The topological polar surface area (TPSA) is 75.6 Å². The van der Waals surface area contributed by atoms with Crippen LogP contribution in [0.5, 0.6) is 0 Å². The Bertz CT molecular complexity index is 1310. The van der Waals surface area contributed by atoms with E-state index in [1.807, 2.05) is 26.8 Å². The van der Waals surface area contributed by atoms with Crippen LogP contribution in [-0.4, -0.2) is 60.8 Å². The lowest BCUT2D eigenvalue weighted by Gasteiger charge is -2.37. The second kappa shape index (κ2) is 9.97. The van der Waals surface area contributed by atoms with Crippen molar-refractivity contribution in [2.75, 3.05) is 49.1 Å². The Morgan fingerprint density at radius 2 is 1.68 bits per heavy atom. The highest BCUT2D eigenvalue weighted by Crippen LogP contribution is 2.35. The van der Waals surface area contributed by atoms with E-state index in [0.717, 1.165) is 44.7 Å². The van der Waals surface area contributed by atoms with Crippen LogP contribution in [0.15, 0.2) is 42.6 Å². The molecule has 2 aliphatic heterocycles. The Labute approximate surface area is 217 Å². The van der Waals surface area contributed by atoms with Crippen LogP contribution >= 0.6 is 0 Å². The highest BCUT2D eigenvalue weighted by molar-refractivity contribution is 5.95. The number of carbonyl (C=O) groups excluding carboxylic acids is 1. The van der Waals surface area contributed by atoms with E-state index in [2.05, 4.69) is 45.1 Å². The largest absolute Gasteiger partial charge is 0.444 e. The Hall–Kier alpha value is -3.73. The van der Waals surface area contributed by atoms with Crippen LogP contribution in [0.4, 0.5) is 20.6 Å². The first-order valence-electron chi connectivity index (χ1n) is 13.0. The van der Waals surface area contributed by atoms with E-state index in [0.29, 0.717) is 35.5 Å². The molecular formula is C29H34FN5O2. The highest BCUT2D eigenvalue weighted by atomic mass is 19.1. The minimum atomic E-state index is -0.478. The molecule has 1 N–H and O–H groups in total. The van der Waals surface area contributed by atoms with Crippen molar-refractivity contribution in [3.05, 3.63) is 59.5 Å². The van der Waals surface area contributed by atoms with Gasteiger partial charge in [0.2, 0.25) is 0 Å². The molecule has 8 heteroatoms. The monoisotopic (exact) mass is 503 g/mol. The number of nitriles is 1. The number of piperidine rings is 1. The van der Waals surface area contributed by atoms with Gasteiger partial charge in [-0.15, -0.1) is 0 Å². The number of hydrogen-bond donors (Lipinski definition) is 1. The maximum atomic E-state index is 14.4. The Kier molecular flexibility index (Phi) is 6.72. The van der Waals surface area contributed by atoms with Gasteiger partial charge in [-0.1, -0.05) is 12.1 Å². The van der Waals surface area contributed by atoms with Crippen molar-refractivity contribution in [2.24, 2.45) is 0 Å². The molecule has 7 nitrogen and oxygen atoms in total. The van der Waals surface area contributed by atoms with E-state index in [9.17, 15) is 14.4 Å². The molecule has 1 aromatic heterocycles. The molecule has 0 atom stereocenters. The number of nitrogens with one attached hydrogen (secondary N) is 1. The average Bonchev–Trinajstić information content (AvgIpc) is 3.34. The number of aromatic amines is 1. The Morgan fingerprint density at radius 1 is 1.00 bits per heavy atom. The van der Waals surface area contributed by atoms with Gasteiger partial charge in [0.15, 0.2) is 0 Å². The molecule has 2 saturated heterocycles. The fourth-order valence-corrected chi connectivity index (χ4v) is 5.43. The zero-order chi connectivity index (χ0) is 26.2. The van der Waals surface area contributed by atoms with E-state index < -0.39 is 5.60 Å². The number of carbonyl (C=O) groups is 1. The van der Waals surface area contributed by atoms with Gasteiger partial charge in [0.05, 0.1) is 22.2 Å². The molecule has 1 amide bonds. The molecule has 0 spiro atoms. The van der Waals surface area contributed by atoms with Crippen molar-refractivity contribution in [1.29, 1.82) is 5.26 Å². The summed E-state index contributed by atoms with van der Waals surface area (Å²) in [6, 6.07) is 14.2. The number of amides is 1. The number of rotatable bonds is 3. The van der Waals surface area contributed by atoms with Gasteiger partial charge >= 0.3 is 6.09 Å². The van der Waals surface area contributed by atoms with Crippen molar-refractivity contribution >= 4 is 28.4 Å². The van der Waals surface area contributed by atoms with Crippen LogP contribution < -0.4 is 9.80 Å². The van der Waals surface area contributed by atoms with Crippen LogP contribution in [0.25, 0.3) is 10.9 Å². The van der Waals surface area contributed by atoms with Crippen molar-refractivity contribution in [2.45, 2.75) is 45.1 Å². The molecule has 2 aromatic carbocycles. The molecule has 0 aliphatic carbocycles. The zero-order valence-corrected chi connectivity index (χ0v) is 21.8. The lowest BCUT2D eigenvalue weighted by molar-refractivity contribution is 0.0240. The summed E-state index contributed by atoms with van der Waals surface area (Å²) in [4.78, 5) is 21.8. The SMILES string of the molecule is CC(C)(C)OC(=O)N1CCN(c2ccc(C3CCN(c4ccc(F)c5c(C#N)c[nH]c45)CC3)cc2)CC1. The average molecular weight is 504 g/mol. The molecule has 0 saturated carbocycles. The summed E-state index contributed by atoms with van der Waals surface area (Å²) >= 11 is 0. The lowest BCUT2D eigenvalue weighted by atomic mass is 9.89. The maximum absolute atomic E-state index is 14.4. The molecule has 0 bridgehead atoms. The summed E-state index contributed by atoms with van der Waals surface area (Å²) in [5.41, 5.74) is 4.04. The van der Waals surface area contributed by atoms with Crippen LogP contribution in [0, 0.1) is 17.1 Å². The molecule has 37 heavy (non-hydrogen) atoms. The zero-order valence-electron chi connectivity index (χ0n) is 21.8. The summed E-state index contributed by atoms with van der Waals surface area (Å²) in [5.74, 6) is 0.112. The molecule has 5 rings (SSSR count). The summed E-state index contributed by atoms with van der Waals surface area (Å²) in [7, 11) is 0. The maximum Gasteiger partial charge on any atom is 0.410 e. The molecule has 194 valence electrons. The van der Waals surface area contributed by atoms with Crippen LogP contribution in [0.1, 0.15) is 50.7 Å². The van der Waals surface area contributed by atoms with E-state index in [4.69, 9.17) is 4.74 Å². The third kappa shape index (κ3) is 5.22. The van der Waals surface area contributed by atoms with Crippen LogP contribution in [-0.2, 0) is 4.74 Å². The van der Waals surface area contributed by atoms with E-state index in [-0.39, 0.29) is 11.9 Å². The summed E-state index contributed by atoms with van der Waals surface area (Å²) in [6.07, 6.45) is 3.37. The second-order valence-electron chi connectivity index (χ2n) is 10.9. The van der Waals surface area contributed by atoms with Crippen molar-refractivity contribution in [3.63, 3.8) is 0 Å². The fraction of sp³-hybridized carbons (Fsp3) is 0.448. The standard InChI is InChI=1S/C29H34FN5O2/c1-29(2,3)37-28(36)35-16-14-33(15-17-35)23-6-4-20(5-7-23)21-10-12-34(13-11-21)25-9-8-24(30)26-22(18-31)19-32-27(25)26/h4-9,19,21,32H,10-17H2,1-3H3. The summed E-state index contributed by atoms with van der Waals surface area (Å²) < 4.78 is 19.9. The quantitative estimate of drug-likeness (QED) is 0.502. The van der Waals surface area contributed by atoms with Crippen molar-refractivity contribution in [3.8, 4) is 6.07 Å². The molecule has 0 radical (unpaired) electrons. The predicted molar refractivity (Wildman–Crippen MR) is 144 cm³/mol. The number of piperazine rings is 1. The summed E-state index contributed by atoms with van der Waals surface area (Å²) in [6.45, 7) is 10.3. The highest BCUT2D eigenvalue weighted by Gasteiger charge is 2.27. The van der Waals surface area contributed by atoms with Gasteiger partial charge in [0.1, 0.15) is 17.5 Å². The first-order chi connectivity index (χ1) is 17.7. The molecule has 2 fully saturated rings. The number of fused-ring (bicyclic) bond motifs is 1. The third-order valence-electron chi connectivity index (χ3n) is 7.38. The molecule has 3 aromatic rings. The number of anilines is 2. The molecular weight excluding hydrogens is 469 g/mol. The van der Waals surface area contributed by atoms with E-state index >= 15 is 0 Å². The smallest absolute Gasteiger partial charge is 0.410 e. The predicted octanol–water partition coefficient (Wildman–Crippen LogP) is 5.62. The molecule has 3 heterocycles. The Balaban J connectivity index is 1.18. The minimum absolute atomic E-state index is 0.239. The van der Waals surface area contributed by atoms with Gasteiger partial charge in [0.25, 0.3) is 0 Å². The van der Waals surface area contributed by atoms with Gasteiger partial charge < -0.3 is 24.4 Å². The van der Waals surface area contributed by atoms with Gasteiger partial charge in [-0.2, -0.15) is 5.26 Å². The first kappa shape index (κ1) is 24.9. The minimum Gasteiger partial charge on any atom is -0.444 e. The Morgan fingerprint density at radius 3 is 2.30 bits per heavy atom. The fourth-order valence-electron chi connectivity index (χ4n) is 5.43. The van der Waals surface area contributed by atoms with E-state index in [1.54, 1.807) is 11.1 Å². The number of benzene rings is 2. The molecule has 0 unspecified atom stereocenters. The second-order valence-corrected chi connectivity index (χ2v) is 10.9. The number of aromatic nitrogens is 1. The number of nitrogens with zero attached hydrogens (tertiary/aromatic N) is 4.